The molecule has 0 amide bonds. The van der Waals surface area contributed by atoms with Crippen LogP contribution in [-0.2, 0) is 26.5 Å². The van der Waals surface area contributed by atoms with Crippen LogP contribution in [0.5, 0.6) is 0 Å². The molecule has 109 valence electrons. The smallest absolute Gasteiger partial charge is 1.00 e. The predicted octanol–water partition coefficient (Wildman–Crippen LogP) is -1.86. The van der Waals surface area contributed by atoms with Gasteiger partial charge in [-0.15, -0.1) is 6.42 Å². The van der Waals surface area contributed by atoms with Gasteiger partial charge in [0.05, 0.1) is 11.7 Å². The third-order valence-corrected chi connectivity index (χ3v) is 3.35. The standard InChI is InChI=1S/C16H21O.2ClH.Ti/c1-13(2)17-16(11-7-6-8-14(16)3)12-15-9-4-5-10-15;;;/h4,6-9,13H,5,11-12H2,1-3H3;2*1H;/q-1;;;+3/p-2. The molecule has 0 aromatic rings. The van der Waals surface area contributed by atoms with Crippen molar-refractivity contribution in [2.24, 2.45) is 0 Å². The zero-order valence-electron chi connectivity index (χ0n) is 12.2. The summed E-state index contributed by atoms with van der Waals surface area (Å²) in [5, 5.41) is 0. The Labute approximate surface area is 150 Å². The molecule has 4 heteroatoms. The molecule has 2 rings (SSSR count). The van der Waals surface area contributed by atoms with Crippen molar-refractivity contribution in [3.05, 3.63) is 47.6 Å². The SMILES string of the molecule is CC1=CC=CCC1(CC1=[C-]CC=C1)OC(C)C.[Cl-].[Cl-].[Ti+3]. The second-order valence-corrected chi connectivity index (χ2v) is 5.13. The molecule has 0 fully saturated rings. The monoisotopic (exact) mass is 347 g/mol. The van der Waals surface area contributed by atoms with Crippen molar-refractivity contribution in [2.45, 2.75) is 51.7 Å². The second kappa shape index (κ2) is 10.0. The number of rotatable bonds is 4. The molecule has 0 N–H and O–H groups in total. The maximum atomic E-state index is 6.24. The van der Waals surface area contributed by atoms with Crippen molar-refractivity contribution in [1.29, 1.82) is 0 Å². The first kappa shape index (κ1) is 22.5. The van der Waals surface area contributed by atoms with Crippen LogP contribution in [0.15, 0.2) is 41.5 Å². The van der Waals surface area contributed by atoms with Gasteiger partial charge in [-0.05, 0) is 39.2 Å². The van der Waals surface area contributed by atoms with E-state index >= 15 is 0 Å². The van der Waals surface area contributed by atoms with E-state index in [4.69, 9.17) is 4.74 Å². The normalized spacial score (nSPS) is 23.4. The van der Waals surface area contributed by atoms with Crippen LogP contribution < -0.4 is 24.8 Å². The van der Waals surface area contributed by atoms with E-state index in [1.807, 2.05) is 0 Å². The van der Waals surface area contributed by atoms with E-state index in [1.54, 1.807) is 0 Å². The summed E-state index contributed by atoms with van der Waals surface area (Å²) in [6, 6.07) is 0. The molecule has 0 aromatic carbocycles. The Morgan fingerprint density at radius 2 is 2.00 bits per heavy atom. The molecule has 0 aliphatic heterocycles. The van der Waals surface area contributed by atoms with Crippen LogP contribution in [-0.4, -0.2) is 11.7 Å². The molecular formula is C16H21Cl2OTi. The summed E-state index contributed by atoms with van der Waals surface area (Å²) in [5.41, 5.74) is 2.46. The molecule has 2 aliphatic rings. The fourth-order valence-electron chi connectivity index (χ4n) is 2.51. The van der Waals surface area contributed by atoms with Crippen molar-refractivity contribution in [3.8, 4) is 0 Å². The van der Waals surface area contributed by atoms with E-state index in [0.29, 0.717) is 0 Å². The van der Waals surface area contributed by atoms with Crippen molar-refractivity contribution < 1.29 is 51.3 Å². The minimum Gasteiger partial charge on any atom is -1.00 e. The minimum atomic E-state index is -0.153. The summed E-state index contributed by atoms with van der Waals surface area (Å²) >= 11 is 0. The topological polar surface area (TPSA) is 9.23 Å². The van der Waals surface area contributed by atoms with Gasteiger partial charge in [0.25, 0.3) is 0 Å². The Bertz CT molecular complexity index is 411. The number of halogens is 2. The van der Waals surface area contributed by atoms with E-state index in [0.717, 1.165) is 19.3 Å². The summed E-state index contributed by atoms with van der Waals surface area (Å²) in [7, 11) is 0. The molecule has 2 aliphatic carbocycles. The first-order valence-corrected chi connectivity index (χ1v) is 6.40. The first-order valence-electron chi connectivity index (χ1n) is 6.40. The molecule has 0 aromatic heterocycles. The number of allylic oxidation sites excluding steroid dienone is 5. The molecule has 0 saturated heterocycles. The van der Waals surface area contributed by atoms with Gasteiger partial charge >= 0.3 is 21.7 Å². The summed E-state index contributed by atoms with van der Waals surface area (Å²) in [6.45, 7) is 6.39. The maximum Gasteiger partial charge on any atom is 3.00 e. The molecule has 1 unspecified atom stereocenters. The molecular weight excluding hydrogens is 327 g/mol. The predicted molar refractivity (Wildman–Crippen MR) is 71.6 cm³/mol. The van der Waals surface area contributed by atoms with Gasteiger partial charge in [-0.3, -0.25) is 6.08 Å². The van der Waals surface area contributed by atoms with Crippen molar-refractivity contribution in [3.63, 3.8) is 0 Å². The van der Waals surface area contributed by atoms with E-state index in [1.165, 1.54) is 11.1 Å². The molecule has 20 heavy (non-hydrogen) atoms. The van der Waals surface area contributed by atoms with Gasteiger partial charge in [0.15, 0.2) is 0 Å². The molecule has 0 bridgehead atoms. The van der Waals surface area contributed by atoms with Gasteiger partial charge in [0.1, 0.15) is 0 Å². The minimum absolute atomic E-state index is 0. The molecule has 1 radical (unpaired) electrons. The van der Waals surface area contributed by atoms with Crippen LogP contribution in [0.25, 0.3) is 0 Å². The van der Waals surface area contributed by atoms with Gasteiger partial charge in [-0.1, -0.05) is 18.2 Å². The number of ether oxygens (including phenoxy) is 1. The van der Waals surface area contributed by atoms with E-state index in [2.05, 4.69) is 57.2 Å². The van der Waals surface area contributed by atoms with Gasteiger partial charge in [-0.25, -0.2) is 11.6 Å². The van der Waals surface area contributed by atoms with Gasteiger partial charge in [0, 0.05) is 0 Å². The van der Waals surface area contributed by atoms with Crippen molar-refractivity contribution in [2.75, 3.05) is 0 Å². The molecule has 0 saturated carbocycles. The van der Waals surface area contributed by atoms with E-state index in [-0.39, 0.29) is 58.2 Å². The Balaban J connectivity index is 0. The van der Waals surface area contributed by atoms with Crippen LogP contribution >= 0.6 is 0 Å². The number of hydrogen-bond donors (Lipinski definition) is 0. The van der Waals surface area contributed by atoms with Gasteiger partial charge in [-0.2, -0.15) is 6.08 Å². The number of hydrogen-bond acceptors (Lipinski definition) is 1. The maximum absolute atomic E-state index is 6.24. The Morgan fingerprint density at radius 3 is 2.50 bits per heavy atom. The Morgan fingerprint density at radius 1 is 1.30 bits per heavy atom. The summed E-state index contributed by atoms with van der Waals surface area (Å²) < 4.78 is 6.24. The molecule has 0 spiro atoms. The first-order chi connectivity index (χ1) is 8.12. The quantitative estimate of drug-likeness (QED) is 0.428. The summed E-state index contributed by atoms with van der Waals surface area (Å²) in [5.74, 6) is 0. The summed E-state index contributed by atoms with van der Waals surface area (Å²) in [4.78, 5) is 0. The molecule has 1 atom stereocenters. The van der Waals surface area contributed by atoms with E-state index in [9.17, 15) is 0 Å². The summed E-state index contributed by atoms with van der Waals surface area (Å²) in [6.07, 6.45) is 17.3. The fraction of sp³-hybridized carbons (Fsp3) is 0.500. The Kier molecular flexibility index (Phi) is 11.3. The third-order valence-electron chi connectivity index (χ3n) is 3.35. The zero-order valence-corrected chi connectivity index (χ0v) is 15.3. The molecule has 0 heterocycles. The van der Waals surface area contributed by atoms with Crippen LogP contribution in [0, 0.1) is 6.08 Å². The average molecular weight is 348 g/mol. The van der Waals surface area contributed by atoms with Crippen LogP contribution in [0.4, 0.5) is 0 Å². The van der Waals surface area contributed by atoms with Crippen LogP contribution in [0.1, 0.15) is 40.0 Å². The Hall–Kier alpha value is 0.214. The fourth-order valence-corrected chi connectivity index (χ4v) is 2.51. The van der Waals surface area contributed by atoms with E-state index < -0.39 is 0 Å². The largest absolute Gasteiger partial charge is 3.00 e. The second-order valence-electron chi connectivity index (χ2n) is 5.13. The third kappa shape index (κ3) is 5.54. The van der Waals surface area contributed by atoms with Crippen LogP contribution in [0.2, 0.25) is 0 Å². The van der Waals surface area contributed by atoms with Crippen molar-refractivity contribution in [1.82, 2.24) is 0 Å². The van der Waals surface area contributed by atoms with Crippen molar-refractivity contribution >= 4 is 0 Å². The molecule has 1 nitrogen and oxygen atoms in total. The average Bonchev–Trinajstić information content (AvgIpc) is 2.74. The zero-order chi connectivity index (χ0) is 12.3. The van der Waals surface area contributed by atoms with Crippen LogP contribution in [0.3, 0.4) is 0 Å². The van der Waals surface area contributed by atoms with Gasteiger partial charge < -0.3 is 29.6 Å². The van der Waals surface area contributed by atoms with Gasteiger partial charge in [0.2, 0.25) is 0 Å².